The second-order valence-electron chi connectivity index (χ2n) is 10.6. The van der Waals surface area contributed by atoms with E-state index in [2.05, 4.69) is 5.43 Å². The van der Waals surface area contributed by atoms with Gasteiger partial charge in [-0.3, -0.25) is 19.8 Å². The monoisotopic (exact) mass is 581 g/mol. The lowest BCUT2D eigenvalue weighted by molar-refractivity contribution is -0.140. The van der Waals surface area contributed by atoms with Crippen LogP contribution >= 0.6 is 0 Å². The summed E-state index contributed by atoms with van der Waals surface area (Å²) < 4.78 is 6.29. The van der Waals surface area contributed by atoms with E-state index in [-0.39, 0.29) is 23.8 Å². The maximum Gasteiger partial charge on any atom is 0.337 e. The first kappa shape index (κ1) is 30.8. The molecule has 1 aromatic heterocycles. The highest BCUT2D eigenvalue weighted by atomic mass is 16.5. The number of aromatic nitrogens is 1. The molecule has 43 heavy (non-hydrogen) atoms. The first-order chi connectivity index (χ1) is 20.7. The van der Waals surface area contributed by atoms with Gasteiger partial charge in [0.25, 0.3) is 5.91 Å². The summed E-state index contributed by atoms with van der Waals surface area (Å²) in [6, 6.07) is 24.7. The van der Waals surface area contributed by atoms with E-state index in [1.54, 1.807) is 17.0 Å². The molecular formula is C34H35N3O6. The van der Waals surface area contributed by atoms with Gasteiger partial charge in [0, 0.05) is 18.8 Å². The molecular weight excluding hydrogens is 546 g/mol. The van der Waals surface area contributed by atoms with E-state index >= 15 is 0 Å². The van der Waals surface area contributed by atoms with Crippen molar-refractivity contribution in [2.75, 3.05) is 12.1 Å². The summed E-state index contributed by atoms with van der Waals surface area (Å²) in [7, 11) is 1.27. The van der Waals surface area contributed by atoms with E-state index in [0.29, 0.717) is 12.1 Å². The van der Waals surface area contributed by atoms with E-state index < -0.39 is 30.3 Å². The summed E-state index contributed by atoms with van der Waals surface area (Å²) in [4.78, 5) is 50.6. The molecule has 9 heteroatoms. The van der Waals surface area contributed by atoms with Crippen LogP contribution in [0.15, 0.2) is 97.3 Å². The van der Waals surface area contributed by atoms with Crippen molar-refractivity contribution in [3.05, 3.63) is 103 Å². The van der Waals surface area contributed by atoms with Crippen molar-refractivity contribution in [3.8, 4) is 22.3 Å². The largest absolute Gasteiger partial charge is 0.481 e. The highest BCUT2D eigenvalue weighted by molar-refractivity contribution is 5.98. The van der Waals surface area contributed by atoms with Gasteiger partial charge in [-0.2, -0.15) is 0 Å². The number of hydrogen-bond acceptors (Lipinski definition) is 5. The molecule has 0 radical (unpaired) electrons. The average Bonchev–Trinajstić information content (AvgIpc) is 3.51. The third kappa shape index (κ3) is 7.97. The van der Waals surface area contributed by atoms with E-state index in [1.165, 1.54) is 31.4 Å². The number of rotatable bonds is 11. The quantitative estimate of drug-likeness (QED) is 0.163. The summed E-state index contributed by atoms with van der Waals surface area (Å²) in [6.07, 6.45) is 3.63. The molecule has 0 spiro atoms. The number of methoxy groups -OCH3 is 1. The number of ether oxygens (including phenoxy) is 1. The van der Waals surface area contributed by atoms with Crippen molar-refractivity contribution in [1.29, 1.82) is 0 Å². The Morgan fingerprint density at radius 3 is 2.02 bits per heavy atom. The number of nitrogens with one attached hydrogen (secondary N) is 1. The van der Waals surface area contributed by atoms with Crippen molar-refractivity contribution in [3.63, 3.8) is 0 Å². The van der Waals surface area contributed by atoms with Crippen molar-refractivity contribution < 1.29 is 29.0 Å². The van der Waals surface area contributed by atoms with Crippen molar-refractivity contribution >= 4 is 29.4 Å². The number of esters is 1. The maximum absolute atomic E-state index is 13.6. The Morgan fingerprint density at radius 1 is 0.837 bits per heavy atom. The van der Waals surface area contributed by atoms with E-state index in [9.17, 15) is 24.3 Å². The minimum absolute atomic E-state index is 0.160. The fourth-order valence-corrected chi connectivity index (χ4v) is 4.61. The number of aliphatic carboxylic acids is 1. The van der Waals surface area contributed by atoms with Crippen molar-refractivity contribution in [2.45, 2.75) is 39.2 Å². The molecule has 0 aliphatic carbocycles. The third-order valence-electron chi connectivity index (χ3n) is 7.02. The average molecular weight is 582 g/mol. The molecule has 3 aromatic carbocycles. The fraction of sp³-hybridized carbons (Fsp3) is 0.235. The summed E-state index contributed by atoms with van der Waals surface area (Å²) in [5.41, 5.74) is 7.13. The number of carbonyl (C=O) groups excluding carboxylic acids is 3. The lowest BCUT2D eigenvalue weighted by Crippen LogP contribution is -2.49. The van der Waals surface area contributed by atoms with Gasteiger partial charge in [0.2, 0.25) is 5.91 Å². The smallest absolute Gasteiger partial charge is 0.337 e. The Morgan fingerprint density at radius 2 is 1.44 bits per heavy atom. The molecule has 9 nitrogen and oxygen atoms in total. The Bertz CT molecular complexity index is 1560. The number of carbonyl (C=O) groups is 4. The SMILES string of the molecule is COC(=O)c1ccc(N(NC(=O)[C@H](CC(=O)O)n2ccc(-c3ccc(-c4ccccc4)cc3)c2)C(=O)CCC(C)C)cc1. The normalized spacial score (nSPS) is 11.5. The topological polar surface area (TPSA) is 118 Å². The van der Waals surface area contributed by atoms with E-state index in [1.807, 2.05) is 74.5 Å². The van der Waals surface area contributed by atoms with Crippen LogP contribution in [0.1, 0.15) is 49.5 Å². The number of anilines is 1. The van der Waals surface area contributed by atoms with Crippen LogP contribution in [0.4, 0.5) is 5.69 Å². The number of carboxylic acids is 1. The van der Waals surface area contributed by atoms with Gasteiger partial charge in [-0.1, -0.05) is 68.4 Å². The molecule has 0 saturated heterocycles. The zero-order valence-electron chi connectivity index (χ0n) is 24.4. The molecule has 0 bridgehead atoms. The summed E-state index contributed by atoms with van der Waals surface area (Å²) >= 11 is 0. The van der Waals surface area contributed by atoms with Gasteiger partial charge >= 0.3 is 11.9 Å². The molecule has 0 aliphatic rings. The first-order valence-corrected chi connectivity index (χ1v) is 14.0. The van der Waals surface area contributed by atoms with Gasteiger partial charge in [-0.05, 0) is 64.9 Å². The number of benzene rings is 3. The van der Waals surface area contributed by atoms with Gasteiger partial charge in [-0.25, -0.2) is 9.80 Å². The number of hydrazine groups is 1. The van der Waals surface area contributed by atoms with Crippen LogP contribution in [-0.2, 0) is 19.1 Å². The van der Waals surface area contributed by atoms with Crippen molar-refractivity contribution in [2.24, 2.45) is 5.92 Å². The fourth-order valence-electron chi connectivity index (χ4n) is 4.61. The predicted molar refractivity (Wildman–Crippen MR) is 164 cm³/mol. The van der Waals surface area contributed by atoms with Crippen LogP contribution in [0.2, 0.25) is 0 Å². The van der Waals surface area contributed by atoms with Crippen molar-refractivity contribution in [1.82, 2.24) is 9.99 Å². The van der Waals surface area contributed by atoms with Crippen LogP contribution < -0.4 is 10.4 Å². The molecule has 4 rings (SSSR count). The first-order valence-electron chi connectivity index (χ1n) is 14.0. The zero-order chi connectivity index (χ0) is 30.9. The molecule has 0 aliphatic heterocycles. The maximum atomic E-state index is 13.6. The van der Waals surface area contributed by atoms with Gasteiger partial charge in [0.1, 0.15) is 6.04 Å². The Labute approximate surface area is 250 Å². The molecule has 0 unspecified atom stereocenters. The molecule has 2 amide bonds. The number of amides is 2. The molecule has 4 aromatic rings. The number of nitrogens with zero attached hydrogens (tertiary/aromatic N) is 2. The van der Waals surface area contributed by atoms with Crippen LogP contribution in [0.25, 0.3) is 22.3 Å². The molecule has 0 fully saturated rings. The van der Waals surface area contributed by atoms with Crippen LogP contribution in [0.5, 0.6) is 0 Å². The van der Waals surface area contributed by atoms with E-state index in [4.69, 9.17) is 4.74 Å². The Kier molecular flexibility index (Phi) is 10.1. The second kappa shape index (κ2) is 14.1. The van der Waals surface area contributed by atoms with Gasteiger partial charge in [-0.15, -0.1) is 0 Å². The third-order valence-corrected chi connectivity index (χ3v) is 7.02. The van der Waals surface area contributed by atoms with Gasteiger partial charge in [0.15, 0.2) is 0 Å². The minimum Gasteiger partial charge on any atom is -0.481 e. The number of hydrogen-bond donors (Lipinski definition) is 2. The minimum atomic E-state index is -1.16. The lowest BCUT2D eigenvalue weighted by Gasteiger charge is -2.27. The standard InChI is InChI=1S/C34H35N3O6/c1-23(2)9-18-31(38)37(29-16-14-27(15-17-29)34(42)43-3)35-33(41)30(21-32(39)40)36-20-19-28(22-36)26-12-10-25(11-13-26)24-7-5-4-6-8-24/h4-8,10-17,19-20,22-23,30H,9,18,21H2,1-3H3,(H,35,41)(H,39,40)/t30-/m0/s1. The lowest BCUT2D eigenvalue weighted by atomic mass is 10.0. The Hall–Kier alpha value is -5.18. The highest BCUT2D eigenvalue weighted by Gasteiger charge is 2.28. The van der Waals surface area contributed by atoms with Crippen LogP contribution in [-0.4, -0.2) is 40.5 Å². The second-order valence-corrected chi connectivity index (χ2v) is 10.6. The molecule has 2 N–H and O–H groups in total. The van der Waals surface area contributed by atoms with Crippen LogP contribution in [0, 0.1) is 5.92 Å². The molecule has 1 atom stereocenters. The van der Waals surface area contributed by atoms with Crippen LogP contribution in [0.3, 0.4) is 0 Å². The van der Waals surface area contributed by atoms with E-state index in [0.717, 1.165) is 27.3 Å². The summed E-state index contributed by atoms with van der Waals surface area (Å²) in [5, 5.41) is 10.8. The zero-order valence-corrected chi connectivity index (χ0v) is 24.4. The molecule has 222 valence electrons. The highest BCUT2D eigenvalue weighted by Crippen LogP contribution is 2.27. The molecule has 1 heterocycles. The Balaban J connectivity index is 1.58. The summed E-state index contributed by atoms with van der Waals surface area (Å²) in [5.74, 6) is -2.48. The predicted octanol–water partition coefficient (Wildman–Crippen LogP) is 6.13. The van der Waals surface area contributed by atoms with Gasteiger partial charge in [0.05, 0.1) is 24.8 Å². The number of carboxylic acid groups (broad SMARTS) is 1. The summed E-state index contributed by atoms with van der Waals surface area (Å²) in [6.45, 7) is 3.98. The van der Waals surface area contributed by atoms with Gasteiger partial charge < -0.3 is 14.4 Å². The molecule has 0 saturated carbocycles.